The fourth-order valence-electron chi connectivity index (χ4n) is 1.60. The van der Waals surface area contributed by atoms with E-state index in [4.69, 9.17) is 0 Å². The molecular weight excluding hydrogens is 164 g/mol. The Morgan fingerprint density at radius 2 is 2.31 bits per heavy atom. The summed E-state index contributed by atoms with van der Waals surface area (Å²) in [4.78, 5) is 8.61. The van der Waals surface area contributed by atoms with Crippen LogP contribution in [0.2, 0.25) is 0 Å². The van der Waals surface area contributed by atoms with Crippen LogP contribution in [0.15, 0.2) is 24.7 Å². The lowest BCUT2D eigenvalue weighted by Gasteiger charge is -2.28. The molecule has 4 nitrogen and oxygen atoms in total. The van der Waals surface area contributed by atoms with Gasteiger partial charge in [-0.15, -0.1) is 0 Å². The topological polar surface area (TPSA) is 42.7 Å². The second kappa shape index (κ2) is 2.53. The van der Waals surface area contributed by atoms with E-state index in [0.29, 0.717) is 6.04 Å². The zero-order valence-electron chi connectivity index (χ0n) is 7.14. The first kappa shape index (κ1) is 7.03. The van der Waals surface area contributed by atoms with Gasteiger partial charge < -0.3 is 9.88 Å². The highest BCUT2D eigenvalue weighted by atomic mass is 15.2. The number of pyridine rings is 1. The van der Waals surface area contributed by atoms with E-state index in [1.54, 1.807) is 0 Å². The summed E-state index contributed by atoms with van der Waals surface area (Å²) in [5.41, 5.74) is 1.98. The van der Waals surface area contributed by atoms with Crippen molar-refractivity contribution in [3.63, 3.8) is 0 Å². The third-order valence-corrected chi connectivity index (χ3v) is 2.49. The second-order valence-corrected chi connectivity index (χ2v) is 3.31. The molecule has 0 amide bonds. The molecule has 1 aliphatic rings. The fourth-order valence-corrected chi connectivity index (χ4v) is 1.60. The Bertz CT molecular complexity index is 430. The molecule has 2 aromatic heterocycles. The largest absolute Gasteiger partial charge is 0.313 e. The monoisotopic (exact) mass is 174 g/mol. The van der Waals surface area contributed by atoms with E-state index in [1.165, 1.54) is 0 Å². The second-order valence-electron chi connectivity index (χ2n) is 3.31. The first-order valence-electron chi connectivity index (χ1n) is 4.43. The van der Waals surface area contributed by atoms with Gasteiger partial charge in [0.2, 0.25) is 0 Å². The zero-order chi connectivity index (χ0) is 8.67. The highest BCUT2D eigenvalue weighted by Gasteiger charge is 2.20. The molecule has 13 heavy (non-hydrogen) atoms. The number of nitrogens with one attached hydrogen (secondary N) is 1. The van der Waals surface area contributed by atoms with Gasteiger partial charge in [0.25, 0.3) is 0 Å². The van der Waals surface area contributed by atoms with Crippen LogP contribution < -0.4 is 5.32 Å². The number of rotatable bonds is 1. The molecular formula is C9H10N4. The number of hydrogen-bond donors (Lipinski definition) is 1. The minimum absolute atomic E-state index is 0.542. The molecule has 4 heteroatoms. The van der Waals surface area contributed by atoms with E-state index in [9.17, 15) is 0 Å². The van der Waals surface area contributed by atoms with Gasteiger partial charge >= 0.3 is 0 Å². The highest BCUT2D eigenvalue weighted by Crippen LogP contribution is 2.17. The van der Waals surface area contributed by atoms with Crippen molar-refractivity contribution in [2.75, 3.05) is 13.1 Å². The standard InChI is InChI=1S/C9H10N4/c1-2-8-9(11-3-1)13(6-12-8)7-4-10-5-7/h1-3,6-7,10H,4-5H2. The molecule has 0 unspecified atom stereocenters. The summed E-state index contributed by atoms with van der Waals surface area (Å²) in [5, 5.41) is 3.24. The maximum atomic E-state index is 4.32. The maximum Gasteiger partial charge on any atom is 0.160 e. The molecule has 1 fully saturated rings. The van der Waals surface area contributed by atoms with Gasteiger partial charge in [-0.2, -0.15) is 0 Å². The van der Waals surface area contributed by atoms with E-state index in [-0.39, 0.29) is 0 Å². The first-order valence-corrected chi connectivity index (χ1v) is 4.43. The van der Waals surface area contributed by atoms with Crippen molar-refractivity contribution in [3.05, 3.63) is 24.7 Å². The van der Waals surface area contributed by atoms with Gasteiger partial charge in [-0.25, -0.2) is 9.97 Å². The van der Waals surface area contributed by atoms with Crippen molar-refractivity contribution >= 4 is 11.2 Å². The van der Waals surface area contributed by atoms with Gasteiger partial charge in [-0.1, -0.05) is 0 Å². The minimum Gasteiger partial charge on any atom is -0.313 e. The summed E-state index contributed by atoms with van der Waals surface area (Å²) in [6.07, 6.45) is 3.69. The van der Waals surface area contributed by atoms with Crippen molar-refractivity contribution in [2.45, 2.75) is 6.04 Å². The molecule has 3 heterocycles. The lowest BCUT2D eigenvalue weighted by Crippen LogP contribution is -2.43. The number of hydrogen-bond acceptors (Lipinski definition) is 3. The van der Waals surface area contributed by atoms with Gasteiger partial charge in [0.15, 0.2) is 5.65 Å². The number of fused-ring (bicyclic) bond motifs is 1. The quantitative estimate of drug-likeness (QED) is 0.687. The Hall–Kier alpha value is -1.42. The van der Waals surface area contributed by atoms with Crippen LogP contribution in [-0.4, -0.2) is 27.6 Å². The summed E-state index contributed by atoms with van der Waals surface area (Å²) in [6.45, 7) is 2.06. The highest BCUT2D eigenvalue weighted by molar-refractivity contribution is 5.70. The molecule has 0 spiro atoms. The average Bonchev–Trinajstić information content (AvgIpc) is 2.47. The molecule has 0 atom stereocenters. The van der Waals surface area contributed by atoms with E-state index in [1.807, 2.05) is 24.7 Å². The van der Waals surface area contributed by atoms with Gasteiger partial charge in [0.1, 0.15) is 5.52 Å². The predicted octanol–water partition coefficient (Wildman–Crippen LogP) is 0.576. The fraction of sp³-hybridized carbons (Fsp3) is 0.333. The van der Waals surface area contributed by atoms with Gasteiger partial charge in [0, 0.05) is 19.3 Å². The Kier molecular flexibility index (Phi) is 1.37. The van der Waals surface area contributed by atoms with Crippen molar-refractivity contribution in [3.8, 4) is 0 Å². The van der Waals surface area contributed by atoms with Crippen LogP contribution >= 0.6 is 0 Å². The Morgan fingerprint density at radius 3 is 3.08 bits per heavy atom. The summed E-state index contributed by atoms with van der Waals surface area (Å²) in [7, 11) is 0. The van der Waals surface area contributed by atoms with Crippen LogP contribution in [0, 0.1) is 0 Å². The molecule has 66 valence electrons. The molecule has 3 rings (SSSR count). The van der Waals surface area contributed by atoms with E-state index < -0.39 is 0 Å². The number of imidazole rings is 1. The van der Waals surface area contributed by atoms with Crippen LogP contribution in [-0.2, 0) is 0 Å². The van der Waals surface area contributed by atoms with Crippen molar-refractivity contribution in [1.29, 1.82) is 0 Å². The SMILES string of the molecule is c1cnc2c(c1)ncn2C1CNC1. The van der Waals surface area contributed by atoms with E-state index >= 15 is 0 Å². The summed E-state index contributed by atoms with van der Waals surface area (Å²) in [5.74, 6) is 0. The number of nitrogens with zero attached hydrogens (tertiary/aromatic N) is 3. The minimum atomic E-state index is 0.542. The first-order chi connectivity index (χ1) is 6.45. The third kappa shape index (κ3) is 0.954. The molecule has 0 radical (unpaired) electrons. The van der Waals surface area contributed by atoms with Crippen LogP contribution in [0.4, 0.5) is 0 Å². The lowest BCUT2D eigenvalue weighted by atomic mass is 10.2. The molecule has 1 saturated heterocycles. The van der Waals surface area contributed by atoms with Gasteiger partial charge in [-0.05, 0) is 12.1 Å². The lowest BCUT2D eigenvalue weighted by molar-refractivity contribution is 0.349. The predicted molar refractivity (Wildman–Crippen MR) is 49.4 cm³/mol. The number of aromatic nitrogens is 3. The Morgan fingerprint density at radius 1 is 1.38 bits per heavy atom. The molecule has 1 aliphatic heterocycles. The smallest absolute Gasteiger partial charge is 0.160 e. The average molecular weight is 174 g/mol. The summed E-state index contributed by atoms with van der Waals surface area (Å²) < 4.78 is 2.14. The van der Waals surface area contributed by atoms with Crippen molar-refractivity contribution < 1.29 is 0 Å². The van der Waals surface area contributed by atoms with Crippen molar-refractivity contribution in [2.24, 2.45) is 0 Å². The van der Waals surface area contributed by atoms with Gasteiger partial charge in [-0.3, -0.25) is 0 Å². The maximum absolute atomic E-state index is 4.32. The molecule has 0 aliphatic carbocycles. The third-order valence-electron chi connectivity index (χ3n) is 2.49. The summed E-state index contributed by atoms with van der Waals surface area (Å²) >= 11 is 0. The summed E-state index contributed by atoms with van der Waals surface area (Å²) in [6, 6.07) is 4.45. The Balaban J connectivity index is 2.17. The van der Waals surface area contributed by atoms with E-state index in [0.717, 1.165) is 24.3 Å². The zero-order valence-corrected chi connectivity index (χ0v) is 7.14. The van der Waals surface area contributed by atoms with Crippen LogP contribution in [0.5, 0.6) is 0 Å². The van der Waals surface area contributed by atoms with Crippen LogP contribution in [0.3, 0.4) is 0 Å². The molecule has 1 N–H and O–H groups in total. The molecule has 0 bridgehead atoms. The molecule has 0 aromatic carbocycles. The normalized spacial score (nSPS) is 17.5. The van der Waals surface area contributed by atoms with Gasteiger partial charge in [0.05, 0.1) is 12.4 Å². The molecule has 0 saturated carbocycles. The van der Waals surface area contributed by atoms with Crippen LogP contribution in [0.1, 0.15) is 6.04 Å². The van der Waals surface area contributed by atoms with Crippen LogP contribution in [0.25, 0.3) is 11.2 Å². The Labute approximate surface area is 75.6 Å². The molecule has 2 aromatic rings. The van der Waals surface area contributed by atoms with Crippen molar-refractivity contribution in [1.82, 2.24) is 19.9 Å². The van der Waals surface area contributed by atoms with E-state index in [2.05, 4.69) is 19.9 Å².